The lowest BCUT2D eigenvalue weighted by Gasteiger charge is -1.77. The quantitative estimate of drug-likeness (QED) is 0.373. The van der Waals surface area contributed by atoms with Gasteiger partial charge in [-0.05, 0) is 26.8 Å². The summed E-state index contributed by atoms with van der Waals surface area (Å²) in [6.07, 6.45) is 2.95. The van der Waals surface area contributed by atoms with Gasteiger partial charge in [-0.2, -0.15) is 0 Å². The molecule has 0 aromatic carbocycles. The van der Waals surface area contributed by atoms with Crippen molar-refractivity contribution < 1.29 is 0 Å². The maximum atomic E-state index is 2.57. The first-order valence-electron chi connectivity index (χ1n) is 2.55. The zero-order valence-corrected chi connectivity index (χ0v) is 7.20. The fraction of sp³-hybridized carbons (Fsp3) is 0.750. The van der Waals surface area contributed by atoms with Crippen LogP contribution in [0.5, 0.6) is 0 Å². The number of rotatable bonds is 0. The Bertz CT molecular complexity index is 75.6. The van der Waals surface area contributed by atoms with Crippen molar-refractivity contribution in [2.45, 2.75) is 18.9 Å². The van der Waals surface area contributed by atoms with E-state index in [-0.39, 0.29) is 7.93 Å². The lowest BCUT2D eigenvalue weighted by atomic mass is 10.4. The molecule has 0 aromatic rings. The molecule has 0 aromatic heterocycles. The molecule has 0 radical (unpaired) electrons. The minimum atomic E-state index is 0.257. The van der Waals surface area contributed by atoms with E-state index in [1.165, 1.54) is 22.6 Å². The van der Waals surface area contributed by atoms with Gasteiger partial charge in [0.05, 0.1) is 0 Å². The smallest absolute Gasteiger partial charge is 0.0153 e. The van der Waals surface area contributed by atoms with Crippen molar-refractivity contribution in [2.24, 2.45) is 0 Å². The highest BCUT2D eigenvalue weighted by molar-refractivity contribution is 7.05. The van der Waals surface area contributed by atoms with E-state index in [0.29, 0.717) is 0 Å². The van der Waals surface area contributed by atoms with E-state index in [1.807, 2.05) is 0 Å². The van der Waals surface area contributed by atoms with Crippen LogP contribution >= 0.6 is 0 Å². The average Bonchev–Trinajstić information content (AvgIpc) is 1.86. The van der Waals surface area contributed by atoms with E-state index in [0.717, 1.165) is 0 Å². The molecular weight excluding hydrogens is 104 g/mol. The topological polar surface area (TPSA) is 0 Å². The molecule has 1 rings (SSSR count). The monoisotopic (exact) mass is 114 g/mol. The molecule has 0 saturated carbocycles. The molecule has 0 bridgehead atoms. The Hall–Kier alpha value is 0.304. The number of hydrogen-bond acceptors (Lipinski definition) is 0. The first-order valence-corrected chi connectivity index (χ1v) is 7.83. The molecule has 6 heavy (non-hydrogen) atoms. The van der Waals surface area contributed by atoms with Crippen LogP contribution in [0.3, 0.4) is 0 Å². The van der Waals surface area contributed by atoms with Crippen LogP contribution in [0.1, 0.15) is 12.8 Å². The van der Waals surface area contributed by atoms with Gasteiger partial charge in [0.15, 0.2) is 0 Å². The fourth-order valence-corrected chi connectivity index (χ4v) is 4.42. The van der Waals surface area contributed by atoms with Crippen molar-refractivity contribution in [3.8, 4) is 0 Å². The molecule has 0 N–H and O–H groups in total. The van der Waals surface area contributed by atoms with Gasteiger partial charge in [-0.15, -0.1) is 5.67 Å². The third kappa shape index (κ3) is 0.881. The van der Waals surface area contributed by atoms with Gasteiger partial charge in [0, 0.05) is 9.76 Å². The Balaban J connectivity index is 2.45. The van der Waals surface area contributed by atoms with Crippen LogP contribution < -0.4 is 0 Å². The van der Waals surface area contributed by atoms with Crippen molar-refractivity contribution in [1.82, 2.24) is 0 Å². The molecule has 0 atom stereocenters. The molecule has 1 heterocycles. The van der Waals surface area contributed by atoms with Crippen LogP contribution in [0, 0.1) is 0 Å². The molecule has 0 spiro atoms. The molecule has 0 fully saturated rings. The standard InChI is InChI=1S/C4H10Si2/c5-6-3-1-2-4-6/h3H,1-2,4H2,5H3. The van der Waals surface area contributed by atoms with Gasteiger partial charge in [0.25, 0.3) is 0 Å². The molecular formula is C4H10Si2. The summed E-state index contributed by atoms with van der Waals surface area (Å²) in [5.41, 5.74) is 2.57. The minimum absolute atomic E-state index is 0.257. The number of hydrogen-bond donors (Lipinski definition) is 0. The van der Waals surface area contributed by atoms with E-state index < -0.39 is 0 Å². The predicted octanol–water partition coefficient (Wildman–Crippen LogP) is -0.479. The first kappa shape index (κ1) is 4.46. The molecule has 0 saturated heterocycles. The van der Waals surface area contributed by atoms with E-state index in [9.17, 15) is 0 Å². The van der Waals surface area contributed by atoms with Crippen LogP contribution in [0.25, 0.3) is 0 Å². The highest BCUT2D eigenvalue weighted by Gasteiger charge is 1.96. The van der Waals surface area contributed by atoms with Gasteiger partial charge < -0.3 is 0 Å². The molecule has 1 aliphatic heterocycles. The zero-order chi connectivity index (χ0) is 4.41. The Labute approximate surface area is 43.0 Å². The van der Waals surface area contributed by atoms with Crippen LogP contribution in [0.4, 0.5) is 0 Å². The Morgan fingerprint density at radius 2 is 2.50 bits per heavy atom. The summed E-state index contributed by atoms with van der Waals surface area (Å²) in [6.45, 7) is 0. The van der Waals surface area contributed by atoms with E-state index >= 15 is 0 Å². The van der Waals surface area contributed by atoms with Crippen LogP contribution in [-0.4, -0.2) is 23.4 Å². The zero-order valence-electron chi connectivity index (χ0n) is 4.20. The van der Waals surface area contributed by atoms with Crippen molar-refractivity contribution in [1.29, 1.82) is 0 Å². The summed E-state index contributed by atoms with van der Waals surface area (Å²) in [5, 5.41) is 0. The van der Waals surface area contributed by atoms with Gasteiger partial charge in [-0.25, -0.2) is 0 Å². The molecule has 0 aliphatic carbocycles. The fourth-order valence-electron chi connectivity index (χ4n) is 0.831. The molecule has 1 aliphatic rings. The van der Waals surface area contributed by atoms with Gasteiger partial charge in [-0.1, -0.05) is 0 Å². The van der Waals surface area contributed by atoms with Crippen LogP contribution in [-0.2, 0) is 0 Å². The van der Waals surface area contributed by atoms with E-state index in [1.54, 1.807) is 6.04 Å². The summed E-state index contributed by atoms with van der Waals surface area (Å²) in [6, 6.07) is 1.59. The second-order valence-corrected chi connectivity index (χ2v) is 8.40. The lowest BCUT2D eigenvalue weighted by Crippen LogP contribution is -1.94. The summed E-state index contributed by atoms with van der Waals surface area (Å²) >= 11 is 0. The molecule has 0 unspecified atom stereocenters. The van der Waals surface area contributed by atoms with Gasteiger partial charge in [-0.3, -0.25) is 0 Å². The highest BCUT2D eigenvalue weighted by Crippen LogP contribution is 1.99. The Morgan fingerprint density at radius 3 is 2.67 bits per heavy atom. The Morgan fingerprint density at radius 1 is 1.67 bits per heavy atom. The third-order valence-electron chi connectivity index (χ3n) is 1.27. The highest BCUT2D eigenvalue weighted by atomic mass is 29.1. The normalized spacial score (nSPS) is 21.7. The first-order chi connectivity index (χ1) is 2.89. The maximum absolute atomic E-state index is 2.57. The molecule has 34 valence electrons. The second-order valence-electron chi connectivity index (χ2n) is 1.94. The van der Waals surface area contributed by atoms with E-state index in [4.69, 9.17) is 0 Å². The molecule has 2 heteroatoms. The van der Waals surface area contributed by atoms with Gasteiger partial charge in [0.2, 0.25) is 0 Å². The lowest BCUT2D eigenvalue weighted by molar-refractivity contribution is 1.03. The van der Waals surface area contributed by atoms with Crippen molar-refractivity contribution in [3.05, 3.63) is 0 Å². The summed E-state index contributed by atoms with van der Waals surface area (Å²) in [4.78, 5) is 0. The van der Waals surface area contributed by atoms with Crippen LogP contribution in [0.2, 0.25) is 6.04 Å². The largest absolute Gasteiger partial charge is 0.107 e. The molecule has 0 amide bonds. The third-order valence-corrected chi connectivity index (χ3v) is 6.12. The summed E-state index contributed by atoms with van der Waals surface area (Å²) in [7, 11) is 1.76. The van der Waals surface area contributed by atoms with Gasteiger partial charge >= 0.3 is 0 Å². The van der Waals surface area contributed by atoms with Crippen molar-refractivity contribution in [3.63, 3.8) is 0 Å². The van der Waals surface area contributed by atoms with Crippen LogP contribution in [0.15, 0.2) is 0 Å². The van der Waals surface area contributed by atoms with Crippen molar-refractivity contribution >= 4 is 23.4 Å². The Kier molecular flexibility index (Phi) is 1.37. The molecule has 0 nitrogen and oxygen atoms in total. The predicted molar refractivity (Wildman–Crippen MR) is 35.8 cm³/mol. The summed E-state index contributed by atoms with van der Waals surface area (Å²) < 4.78 is 0. The summed E-state index contributed by atoms with van der Waals surface area (Å²) in [5.74, 6) is 0. The van der Waals surface area contributed by atoms with Crippen molar-refractivity contribution in [2.75, 3.05) is 0 Å². The minimum Gasteiger partial charge on any atom is -0.107 e. The maximum Gasteiger partial charge on any atom is 0.0153 e. The average molecular weight is 114 g/mol. The van der Waals surface area contributed by atoms with E-state index in [2.05, 4.69) is 5.67 Å². The van der Waals surface area contributed by atoms with Gasteiger partial charge in [0.1, 0.15) is 0 Å². The second kappa shape index (κ2) is 1.84. The SMILES string of the molecule is [SiH3][Si]1=CCCC1.